The van der Waals surface area contributed by atoms with Crippen LogP contribution in [0.1, 0.15) is 38.9 Å². The summed E-state index contributed by atoms with van der Waals surface area (Å²) in [4.78, 5) is 0. The van der Waals surface area contributed by atoms with Crippen LogP contribution >= 0.6 is 0 Å². The molecule has 1 N–H and O–H groups in total. The van der Waals surface area contributed by atoms with Crippen molar-refractivity contribution in [3.05, 3.63) is 251 Å². The zero-order valence-corrected chi connectivity index (χ0v) is 42.0. The third-order valence-corrected chi connectivity index (χ3v) is 13.6. The number of aliphatic hydroxyl groups excluding tert-OH is 1. The highest BCUT2D eigenvalue weighted by atomic mass is 16.7. The normalized spacial score (nSPS) is 24.3. The summed E-state index contributed by atoms with van der Waals surface area (Å²) in [5, 5.41) is 13.7. The van der Waals surface area contributed by atoms with Gasteiger partial charge in [0.2, 0.25) is 0 Å². The predicted octanol–water partition coefficient (Wildman–Crippen LogP) is 10.5. The van der Waals surface area contributed by atoms with Crippen LogP contribution in [-0.4, -0.2) is 86.7 Å². The van der Waals surface area contributed by atoms with Gasteiger partial charge in [-0.3, -0.25) is 0 Å². The lowest BCUT2D eigenvalue weighted by molar-refractivity contribution is -0.334. The van der Waals surface area contributed by atoms with E-state index in [0.29, 0.717) is 13.2 Å². The monoisotopic (exact) mass is 1000 g/mol. The summed E-state index contributed by atoms with van der Waals surface area (Å²) in [7, 11) is 1.60. The van der Waals surface area contributed by atoms with Crippen molar-refractivity contribution in [3.63, 3.8) is 0 Å². The van der Waals surface area contributed by atoms with Crippen molar-refractivity contribution in [2.75, 3.05) is 20.3 Å². The Morgan fingerprint density at radius 2 is 0.662 bits per heavy atom. The van der Waals surface area contributed by atoms with Crippen LogP contribution in [0, 0.1) is 5.92 Å². The number of ether oxygens (including phenoxy) is 10. The Bertz CT molecular complexity index is 2600. The first-order chi connectivity index (χ1) is 36.6. The van der Waals surface area contributed by atoms with Crippen LogP contribution in [0.2, 0.25) is 0 Å². The molecule has 11 nitrogen and oxygen atoms in total. The lowest BCUT2D eigenvalue weighted by Gasteiger charge is -2.52. The van der Waals surface area contributed by atoms with Gasteiger partial charge in [-0.15, -0.1) is 0 Å². The van der Waals surface area contributed by atoms with Gasteiger partial charge < -0.3 is 52.5 Å². The molecule has 1 unspecified atom stereocenters. The van der Waals surface area contributed by atoms with E-state index in [0.717, 1.165) is 38.9 Å². The van der Waals surface area contributed by atoms with Crippen molar-refractivity contribution in [1.82, 2.24) is 0 Å². The smallest absolute Gasteiger partial charge is 0.186 e. The van der Waals surface area contributed by atoms with Gasteiger partial charge in [0.15, 0.2) is 6.29 Å². The molecule has 0 aromatic heterocycles. The van der Waals surface area contributed by atoms with E-state index >= 15 is 0 Å². The molecule has 11 atom stereocenters. The summed E-state index contributed by atoms with van der Waals surface area (Å²) in [6, 6.07) is 69.9. The Hall–Kier alpha value is -5.90. The van der Waals surface area contributed by atoms with Crippen LogP contribution in [0.25, 0.3) is 0 Å². The highest BCUT2D eigenvalue weighted by Gasteiger charge is 2.57. The second kappa shape index (κ2) is 28.1. The number of aliphatic hydroxyl groups is 1. The van der Waals surface area contributed by atoms with Crippen molar-refractivity contribution < 1.29 is 52.5 Å². The first-order valence-electron chi connectivity index (χ1n) is 25.6. The molecular weight excluding hydrogens is 933 g/mol. The molecular formula is C63H68O11. The van der Waals surface area contributed by atoms with Gasteiger partial charge in [0.1, 0.15) is 36.6 Å². The fourth-order valence-electron chi connectivity index (χ4n) is 9.78. The highest BCUT2D eigenvalue weighted by molar-refractivity contribution is 5.19. The van der Waals surface area contributed by atoms with Gasteiger partial charge in [-0.2, -0.15) is 0 Å². The number of hydrogen-bond donors (Lipinski definition) is 1. The summed E-state index contributed by atoms with van der Waals surface area (Å²) in [6.07, 6.45) is -8.95. The molecule has 2 saturated heterocycles. The average molecular weight is 1000 g/mol. The lowest BCUT2D eigenvalue weighted by atomic mass is 9.78. The summed E-state index contributed by atoms with van der Waals surface area (Å²) < 4.78 is 68.7. The number of benzene rings is 7. The molecule has 2 heterocycles. The van der Waals surface area contributed by atoms with E-state index in [1.54, 1.807) is 7.11 Å². The number of hydrogen-bond acceptors (Lipinski definition) is 11. The fraction of sp³-hybridized carbons (Fsp3) is 0.333. The Morgan fingerprint density at radius 1 is 0.351 bits per heavy atom. The van der Waals surface area contributed by atoms with E-state index in [1.165, 1.54) is 0 Å². The van der Waals surface area contributed by atoms with Crippen molar-refractivity contribution >= 4 is 0 Å². The van der Waals surface area contributed by atoms with Gasteiger partial charge in [0.05, 0.1) is 77.8 Å². The van der Waals surface area contributed by atoms with Gasteiger partial charge in [0.25, 0.3) is 0 Å². The van der Waals surface area contributed by atoms with Crippen LogP contribution in [0.5, 0.6) is 0 Å². The van der Waals surface area contributed by atoms with Gasteiger partial charge in [-0.1, -0.05) is 212 Å². The molecule has 0 radical (unpaired) electrons. The Balaban J connectivity index is 1.13. The second-order valence-corrected chi connectivity index (χ2v) is 18.8. The van der Waals surface area contributed by atoms with Crippen LogP contribution < -0.4 is 0 Å². The average Bonchev–Trinajstić information content (AvgIpc) is 3.46. The second-order valence-electron chi connectivity index (χ2n) is 18.8. The molecule has 0 saturated carbocycles. The maximum Gasteiger partial charge on any atom is 0.186 e. The number of methoxy groups -OCH3 is 1. The first kappa shape index (κ1) is 52.9. The molecule has 7 aromatic carbocycles. The molecule has 2 aliphatic heterocycles. The van der Waals surface area contributed by atoms with E-state index in [9.17, 15) is 5.11 Å². The van der Waals surface area contributed by atoms with E-state index < -0.39 is 67.1 Å². The SMILES string of the molecule is CO[C@H]1O[C@H](COCc2ccccc2)[C@@H](C(O)[C@H]2O[C@H](COCc3ccccc3)[C@@H](OCc3ccccc3)[C@H](OCc3ccccc3)[C@@H]2OCc2ccccc2)[C@H](OCc2ccccc2)[C@@H]1OCc1ccccc1. The third-order valence-electron chi connectivity index (χ3n) is 13.6. The summed E-state index contributed by atoms with van der Waals surface area (Å²) in [5.74, 6) is -0.850. The molecule has 7 aromatic rings. The zero-order chi connectivity index (χ0) is 50.6. The molecule has 9 rings (SSSR count). The maximum absolute atomic E-state index is 13.7. The predicted molar refractivity (Wildman–Crippen MR) is 281 cm³/mol. The molecule has 74 heavy (non-hydrogen) atoms. The van der Waals surface area contributed by atoms with E-state index in [-0.39, 0.29) is 46.2 Å². The summed E-state index contributed by atoms with van der Waals surface area (Å²) in [5.41, 5.74) is 6.78. The maximum atomic E-state index is 13.7. The van der Waals surface area contributed by atoms with Crippen molar-refractivity contribution in [1.29, 1.82) is 0 Å². The topological polar surface area (TPSA) is 113 Å². The lowest BCUT2D eigenvalue weighted by Crippen LogP contribution is -2.68. The van der Waals surface area contributed by atoms with Crippen molar-refractivity contribution in [3.8, 4) is 0 Å². The zero-order valence-electron chi connectivity index (χ0n) is 42.0. The Kier molecular flexibility index (Phi) is 20.1. The molecule has 0 bridgehead atoms. The van der Waals surface area contributed by atoms with Gasteiger partial charge in [-0.05, 0) is 38.9 Å². The molecule has 386 valence electrons. The molecule has 2 aliphatic rings. The minimum Gasteiger partial charge on any atom is -0.390 e. The molecule has 0 spiro atoms. The van der Waals surface area contributed by atoms with Gasteiger partial charge >= 0.3 is 0 Å². The first-order valence-corrected chi connectivity index (χ1v) is 25.6. The van der Waals surface area contributed by atoms with Crippen LogP contribution in [-0.2, 0) is 93.6 Å². The minimum absolute atomic E-state index is 0.0791. The van der Waals surface area contributed by atoms with Crippen LogP contribution in [0.3, 0.4) is 0 Å². The molecule has 11 heteroatoms. The van der Waals surface area contributed by atoms with E-state index in [1.807, 2.05) is 212 Å². The van der Waals surface area contributed by atoms with Crippen molar-refractivity contribution in [2.45, 2.75) is 107 Å². The van der Waals surface area contributed by atoms with Crippen molar-refractivity contribution in [2.24, 2.45) is 5.92 Å². The summed E-state index contributed by atoms with van der Waals surface area (Å²) >= 11 is 0. The van der Waals surface area contributed by atoms with Crippen LogP contribution in [0.15, 0.2) is 212 Å². The van der Waals surface area contributed by atoms with E-state index in [2.05, 4.69) is 0 Å². The fourth-order valence-corrected chi connectivity index (χ4v) is 9.78. The quantitative estimate of drug-likeness (QED) is 0.0560. The van der Waals surface area contributed by atoms with Gasteiger partial charge in [-0.25, -0.2) is 0 Å². The third kappa shape index (κ3) is 14.9. The number of rotatable bonds is 26. The summed E-state index contributed by atoms with van der Waals surface area (Å²) in [6.45, 7) is 1.96. The Morgan fingerprint density at radius 3 is 1.04 bits per heavy atom. The van der Waals surface area contributed by atoms with Crippen LogP contribution in [0.4, 0.5) is 0 Å². The van der Waals surface area contributed by atoms with E-state index in [4.69, 9.17) is 47.4 Å². The molecule has 0 aliphatic carbocycles. The standard InChI is InChI=1S/C63H68O11/c1-65-63-62(72-43-52-35-21-8-22-36-52)58(69-40-49-29-15-5-16-30-49)55(53(74-63)44-66-37-46-23-9-2-10-24-46)56(64)59-61(71-42-51-33-19-7-20-34-51)60(70-41-50-31-17-6-18-32-50)57(68-39-48-27-13-4-14-28-48)54(73-59)45-67-38-47-25-11-3-12-26-47/h2-36,53-64H,37-45H2,1H3/t53-,54-,55+,56?,57-,58+,59-,60+,61-,62+,63+/m1/s1. The Labute approximate surface area is 435 Å². The highest BCUT2D eigenvalue weighted by Crippen LogP contribution is 2.40. The van der Waals surface area contributed by atoms with Gasteiger partial charge in [0, 0.05) is 13.0 Å². The minimum atomic E-state index is -1.35. The molecule has 2 fully saturated rings. The molecule has 0 amide bonds. The largest absolute Gasteiger partial charge is 0.390 e.